The van der Waals surface area contributed by atoms with Crippen molar-refractivity contribution in [2.75, 3.05) is 18.5 Å². The molecule has 0 aliphatic carbocycles. The number of hydrogen-bond donors (Lipinski definition) is 1. The van der Waals surface area contributed by atoms with Crippen LogP contribution in [-0.2, 0) is 16.0 Å². The fourth-order valence-corrected chi connectivity index (χ4v) is 4.34. The first-order chi connectivity index (χ1) is 17.5. The van der Waals surface area contributed by atoms with Gasteiger partial charge in [0.15, 0.2) is 0 Å². The Morgan fingerprint density at radius 3 is 2.53 bits per heavy atom. The fraction of sp³-hybridized carbons (Fsp3) is 0.226. The molecule has 1 atom stereocenters. The molecule has 184 valence electrons. The maximum absolute atomic E-state index is 12.8. The van der Waals surface area contributed by atoms with E-state index in [1.807, 2.05) is 61.1 Å². The number of hydrogen-bond acceptors (Lipinski definition) is 4. The number of nitrogens with zero attached hydrogens (tertiary/aromatic N) is 2. The molecule has 0 amide bonds. The molecule has 0 aliphatic rings. The summed E-state index contributed by atoms with van der Waals surface area (Å²) in [5.74, 6) is -0.607. The van der Waals surface area contributed by atoms with Gasteiger partial charge in [-0.2, -0.15) is 5.10 Å². The van der Waals surface area contributed by atoms with E-state index < -0.39 is 0 Å². The normalized spacial score (nSPS) is 11.6. The van der Waals surface area contributed by atoms with Crippen LogP contribution in [0.25, 0.3) is 16.8 Å². The van der Waals surface area contributed by atoms with E-state index >= 15 is 0 Å². The van der Waals surface area contributed by atoms with Crippen LogP contribution in [-0.4, -0.2) is 28.9 Å². The van der Waals surface area contributed by atoms with Gasteiger partial charge in [-0.3, -0.25) is 4.79 Å². The lowest BCUT2D eigenvalue weighted by molar-refractivity contribution is -0.145. The molecule has 1 unspecified atom stereocenters. The average Bonchev–Trinajstić information content (AvgIpc) is 3.34. The van der Waals surface area contributed by atoms with E-state index in [0.29, 0.717) is 13.0 Å². The molecule has 4 aromatic rings. The highest BCUT2D eigenvalue weighted by atomic mass is 16.5. The first kappa shape index (κ1) is 25.0. The zero-order chi connectivity index (χ0) is 25.5. The van der Waals surface area contributed by atoms with Crippen molar-refractivity contribution in [1.29, 1.82) is 0 Å². The Labute approximate surface area is 213 Å². The number of benzene rings is 3. The van der Waals surface area contributed by atoms with Crippen LogP contribution in [0.2, 0.25) is 0 Å². The molecule has 1 heterocycles. The second-order valence-electron chi connectivity index (χ2n) is 8.92. The summed E-state index contributed by atoms with van der Waals surface area (Å²) in [6, 6.07) is 24.8. The third kappa shape index (κ3) is 5.92. The van der Waals surface area contributed by atoms with Crippen molar-refractivity contribution in [2.24, 2.45) is 0 Å². The summed E-state index contributed by atoms with van der Waals surface area (Å²) in [4.78, 5) is 12.8. The Morgan fingerprint density at radius 1 is 1.06 bits per heavy atom. The Bertz CT molecular complexity index is 1340. The lowest BCUT2D eigenvalue weighted by Crippen LogP contribution is -2.19. The Morgan fingerprint density at radius 2 is 1.83 bits per heavy atom. The van der Waals surface area contributed by atoms with E-state index in [0.717, 1.165) is 51.4 Å². The van der Waals surface area contributed by atoms with Gasteiger partial charge in [0.05, 0.1) is 23.9 Å². The largest absolute Gasteiger partial charge is 0.466 e. The van der Waals surface area contributed by atoms with Gasteiger partial charge in [-0.05, 0) is 73.4 Å². The summed E-state index contributed by atoms with van der Waals surface area (Å²) in [6.07, 6.45) is 4.28. The maximum atomic E-state index is 12.8. The highest BCUT2D eigenvalue weighted by Gasteiger charge is 2.24. The number of aryl methyl sites for hydroxylation is 2. The van der Waals surface area contributed by atoms with Crippen molar-refractivity contribution < 1.29 is 9.53 Å². The van der Waals surface area contributed by atoms with Crippen LogP contribution >= 0.6 is 0 Å². The first-order valence-corrected chi connectivity index (χ1v) is 12.3. The highest BCUT2D eigenvalue weighted by Crippen LogP contribution is 2.27. The predicted octanol–water partition coefficient (Wildman–Crippen LogP) is 6.64. The molecule has 3 aromatic carbocycles. The smallest absolute Gasteiger partial charge is 0.313 e. The van der Waals surface area contributed by atoms with Crippen molar-refractivity contribution in [1.82, 2.24) is 9.78 Å². The summed E-state index contributed by atoms with van der Waals surface area (Å²) < 4.78 is 7.27. The molecule has 0 saturated heterocycles. The molecule has 4 rings (SSSR count). The van der Waals surface area contributed by atoms with Gasteiger partial charge < -0.3 is 10.1 Å². The van der Waals surface area contributed by atoms with Gasteiger partial charge in [0.25, 0.3) is 0 Å². The first-order valence-electron chi connectivity index (χ1n) is 12.3. The fourth-order valence-electron chi connectivity index (χ4n) is 4.34. The molecule has 1 aromatic heterocycles. The van der Waals surface area contributed by atoms with E-state index in [2.05, 4.69) is 61.3 Å². The van der Waals surface area contributed by atoms with E-state index in [1.165, 1.54) is 0 Å². The van der Waals surface area contributed by atoms with Crippen LogP contribution in [0.15, 0.2) is 91.6 Å². The van der Waals surface area contributed by atoms with E-state index in [9.17, 15) is 4.79 Å². The molecule has 0 fully saturated rings. The zero-order valence-electron chi connectivity index (χ0n) is 21.2. The number of rotatable bonds is 10. The van der Waals surface area contributed by atoms with Crippen LogP contribution in [0.1, 0.15) is 35.2 Å². The monoisotopic (exact) mass is 479 g/mol. The topological polar surface area (TPSA) is 56.2 Å². The number of aromatic nitrogens is 2. The lowest BCUT2D eigenvalue weighted by atomic mass is 9.93. The second-order valence-corrected chi connectivity index (χ2v) is 8.92. The van der Waals surface area contributed by atoms with Gasteiger partial charge in [0.2, 0.25) is 0 Å². The number of ether oxygens (including phenoxy) is 1. The molecule has 0 bridgehead atoms. The van der Waals surface area contributed by atoms with Gasteiger partial charge in [0, 0.05) is 24.8 Å². The van der Waals surface area contributed by atoms with Crippen LogP contribution < -0.4 is 5.32 Å². The van der Waals surface area contributed by atoms with Crippen LogP contribution in [0.4, 0.5) is 5.69 Å². The summed E-state index contributed by atoms with van der Waals surface area (Å²) >= 11 is 0. The van der Waals surface area contributed by atoms with Crippen molar-refractivity contribution in [3.63, 3.8) is 0 Å². The number of anilines is 1. The van der Waals surface area contributed by atoms with Crippen molar-refractivity contribution in [3.8, 4) is 16.8 Å². The molecule has 0 spiro atoms. The van der Waals surface area contributed by atoms with Crippen molar-refractivity contribution in [2.45, 2.75) is 33.1 Å². The van der Waals surface area contributed by atoms with E-state index in [1.54, 1.807) is 0 Å². The summed E-state index contributed by atoms with van der Waals surface area (Å²) in [5.41, 5.74) is 8.43. The highest BCUT2D eigenvalue weighted by molar-refractivity contribution is 5.78. The average molecular weight is 480 g/mol. The van der Waals surface area contributed by atoms with E-state index in [-0.39, 0.29) is 11.9 Å². The van der Waals surface area contributed by atoms with Gasteiger partial charge in [-0.1, -0.05) is 54.1 Å². The van der Waals surface area contributed by atoms with Gasteiger partial charge in [-0.25, -0.2) is 4.68 Å². The van der Waals surface area contributed by atoms with Crippen LogP contribution in [0, 0.1) is 13.8 Å². The van der Waals surface area contributed by atoms with Gasteiger partial charge in [0.1, 0.15) is 0 Å². The SMILES string of the molecule is C=CCNc1ccc(-c2ccc(-n3ccc(CC(C(=O)OCC)c4cccc(C)c4)n3)c(C)c2)cc1. The second kappa shape index (κ2) is 11.5. The number of carbonyl (C=O) groups is 1. The molecular weight excluding hydrogens is 446 g/mol. The molecule has 0 aliphatic heterocycles. The van der Waals surface area contributed by atoms with Crippen LogP contribution in [0.3, 0.4) is 0 Å². The van der Waals surface area contributed by atoms with Crippen LogP contribution in [0.5, 0.6) is 0 Å². The van der Waals surface area contributed by atoms with Gasteiger partial charge >= 0.3 is 5.97 Å². The minimum atomic E-state index is -0.388. The molecule has 36 heavy (non-hydrogen) atoms. The molecule has 5 heteroatoms. The summed E-state index contributed by atoms with van der Waals surface area (Å²) in [6.45, 7) is 10.8. The van der Waals surface area contributed by atoms with Gasteiger partial charge in [-0.15, -0.1) is 6.58 Å². The third-order valence-electron chi connectivity index (χ3n) is 6.19. The number of esters is 1. The van der Waals surface area contributed by atoms with Crippen molar-refractivity contribution >= 4 is 11.7 Å². The molecule has 1 N–H and O–H groups in total. The Hall–Kier alpha value is -4.12. The lowest BCUT2D eigenvalue weighted by Gasteiger charge is -2.15. The maximum Gasteiger partial charge on any atom is 0.313 e. The van der Waals surface area contributed by atoms with Crippen molar-refractivity contribution in [3.05, 3.63) is 114 Å². The molecule has 0 saturated carbocycles. The summed E-state index contributed by atoms with van der Waals surface area (Å²) in [7, 11) is 0. The number of carbonyl (C=O) groups excluding carboxylic acids is 1. The Balaban J connectivity index is 1.54. The molecular formula is C31H33N3O2. The predicted molar refractivity (Wildman–Crippen MR) is 147 cm³/mol. The molecule has 5 nitrogen and oxygen atoms in total. The quantitative estimate of drug-likeness (QED) is 0.205. The third-order valence-corrected chi connectivity index (χ3v) is 6.19. The minimum absolute atomic E-state index is 0.219. The molecule has 0 radical (unpaired) electrons. The standard InChI is InChI=1S/C31H33N3O2/c1-5-17-32-27-13-10-24(11-14-27)25-12-15-30(23(4)20-25)34-18-16-28(33-34)21-29(31(35)36-6-2)26-9-7-8-22(3)19-26/h5,7-16,18-20,29,32H,1,6,17,21H2,2-4H3. The minimum Gasteiger partial charge on any atom is -0.466 e. The van der Waals surface area contributed by atoms with E-state index in [4.69, 9.17) is 9.84 Å². The Kier molecular flexibility index (Phi) is 8.01. The zero-order valence-corrected chi connectivity index (χ0v) is 21.2. The summed E-state index contributed by atoms with van der Waals surface area (Å²) in [5, 5.41) is 8.11. The number of nitrogens with one attached hydrogen (secondary N) is 1.